The minimum absolute atomic E-state index is 0.410. The first-order chi connectivity index (χ1) is 11.7. The molecule has 1 N–H and O–H groups in total. The quantitative estimate of drug-likeness (QED) is 0.695. The summed E-state index contributed by atoms with van der Waals surface area (Å²) in [6.45, 7) is 5.59. The lowest BCUT2D eigenvalue weighted by molar-refractivity contribution is -0.146. The van der Waals surface area contributed by atoms with Crippen LogP contribution in [0.15, 0.2) is 49.2 Å². The third-order valence-corrected chi connectivity index (χ3v) is 5.94. The van der Waals surface area contributed by atoms with Gasteiger partial charge in [0.1, 0.15) is 17.9 Å². The highest BCUT2D eigenvalue weighted by molar-refractivity contribution is 5.83. The Bertz CT molecular complexity index is 785. The summed E-state index contributed by atoms with van der Waals surface area (Å²) in [5.74, 6) is 0.827. The molecular formula is C20H22N2O2. The molecule has 2 aromatic rings. The van der Waals surface area contributed by atoms with E-state index in [0.29, 0.717) is 18.3 Å². The van der Waals surface area contributed by atoms with E-state index in [-0.39, 0.29) is 0 Å². The van der Waals surface area contributed by atoms with Gasteiger partial charge in [0.05, 0.1) is 5.52 Å². The molecule has 0 radical (unpaired) electrons. The largest absolute Gasteiger partial charge is 0.386 e. The molecule has 4 heteroatoms. The maximum Gasteiger partial charge on any atom is 0.143 e. The predicted molar refractivity (Wildman–Crippen MR) is 93.5 cm³/mol. The molecule has 4 heterocycles. The summed E-state index contributed by atoms with van der Waals surface area (Å²) in [6, 6.07) is 9.60. The molecule has 1 unspecified atom stereocenters. The molecule has 0 saturated carbocycles. The van der Waals surface area contributed by atoms with E-state index in [1.54, 1.807) is 6.20 Å². The number of aldehydes is 1. The smallest absolute Gasteiger partial charge is 0.143 e. The van der Waals surface area contributed by atoms with Crippen molar-refractivity contribution in [3.8, 4) is 0 Å². The van der Waals surface area contributed by atoms with E-state index < -0.39 is 11.6 Å². The molecule has 3 aliphatic rings. The van der Waals surface area contributed by atoms with Gasteiger partial charge in [-0.2, -0.15) is 0 Å². The van der Waals surface area contributed by atoms with Crippen molar-refractivity contribution in [2.75, 3.05) is 13.1 Å². The average molecular weight is 322 g/mol. The number of fused-ring (bicyclic) bond motifs is 4. The first-order valence-electron chi connectivity index (χ1n) is 8.55. The van der Waals surface area contributed by atoms with Crippen molar-refractivity contribution in [1.82, 2.24) is 9.88 Å². The van der Waals surface area contributed by atoms with Gasteiger partial charge in [0.2, 0.25) is 0 Å². The Morgan fingerprint density at radius 1 is 1.38 bits per heavy atom. The van der Waals surface area contributed by atoms with E-state index >= 15 is 0 Å². The first-order valence-corrected chi connectivity index (χ1v) is 8.55. The zero-order chi connectivity index (χ0) is 16.7. The van der Waals surface area contributed by atoms with Crippen LogP contribution >= 0.6 is 0 Å². The van der Waals surface area contributed by atoms with Gasteiger partial charge >= 0.3 is 0 Å². The molecule has 3 aliphatic heterocycles. The van der Waals surface area contributed by atoms with Gasteiger partial charge in [-0.15, -0.1) is 6.58 Å². The Morgan fingerprint density at radius 2 is 2.21 bits per heavy atom. The second kappa shape index (κ2) is 5.80. The molecular weight excluding hydrogens is 300 g/mol. The van der Waals surface area contributed by atoms with Gasteiger partial charge in [-0.05, 0) is 48.9 Å². The van der Waals surface area contributed by atoms with Crippen LogP contribution in [-0.4, -0.2) is 39.9 Å². The fourth-order valence-corrected chi connectivity index (χ4v) is 4.58. The zero-order valence-electron chi connectivity index (χ0n) is 13.6. The lowest BCUT2D eigenvalue weighted by Crippen LogP contribution is -2.64. The highest BCUT2D eigenvalue weighted by Gasteiger charge is 2.53. The molecule has 1 aromatic carbocycles. The summed E-state index contributed by atoms with van der Waals surface area (Å²) >= 11 is 0. The molecule has 2 bridgehead atoms. The Hall–Kier alpha value is -2.04. The van der Waals surface area contributed by atoms with Crippen LogP contribution in [0.2, 0.25) is 0 Å². The molecule has 3 saturated heterocycles. The number of pyridine rings is 1. The maximum absolute atomic E-state index is 12.2. The van der Waals surface area contributed by atoms with Gasteiger partial charge in [-0.25, -0.2) is 0 Å². The van der Waals surface area contributed by atoms with Crippen LogP contribution < -0.4 is 0 Å². The summed E-state index contributed by atoms with van der Waals surface area (Å²) < 4.78 is 0. The second-order valence-corrected chi connectivity index (χ2v) is 7.03. The molecule has 3 fully saturated rings. The van der Waals surface area contributed by atoms with E-state index in [1.165, 1.54) is 0 Å². The lowest BCUT2D eigenvalue weighted by atomic mass is 9.66. The Morgan fingerprint density at radius 3 is 2.92 bits per heavy atom. The van der Waals surface area contributed by atoms with Crippen molar-refractivity contribution in [1.29, 1.82) is 0 Å². The molecule has 5 rings (SSSR count). The van der Waals surface area contributed by atoms with Crippen LogP contribution in [0.5, 0.6) is 0 Å². The second-order valence-electron chi connectivity index (χ2n) is 7.03. The number of carbonyl (C=O) groups is 1. The number of benzene rings is 1. The van der Waals surface area contributed by atoms with Gasteiger partial charge in [-0.1, -0.05) is 24.3 Å². The Labute approximate surface area is 141 Å². The number of para-hydroxylation sites is 1. The fourth-order valence-electron chi connectivity index (χ4n) is 4.58. The Kier molecular flexibility index (Phi) is 3.74. The van der Waals surface area contributed by atoms with Crippen LogP contribution in [0.25, 0.3) is 10.9 Å². The van der Waals surface area contributed by atoms with E-state index in [9.17, 15) is 9.90 Å². The minimum Gasteiger partial charge on any atom is -0.386 e. The van der Waals surface area contributed by atoms with Crippen LogP contribution in [0, 0.1) is 11.8 Å². The third kappa shape index (κ3) is 2.14. The molecule has 0 aliphatic carbocycles. The normalized spacial score (nSPS) is 33.3. The van der Waals surface area contributed by atoms with Gasteiger partial charge in [0.15, 0.2) is 0 Å². The molecule has 0 amide bonds. The maximum atomic E-state index is 12.2. The molecule has 0 spiro atoms. The number of hydrogen-bond donors (Lipinski definition) is 1. The third-order valence-electron chi connectivity index (χ3n) is 5.94. The number of aliphatic hydroxyl groups excluding tert-OH is 1. The van der Waals surface area contributed by atoms with E-state index in [2.05, 4.69) is 16.5 Å². The molecule has 124 valence electrons. The van der Waals surface area contributed by atoms with E-state index in [4.69, 9.17) is 0 Å². The number of hydrogen-bond acceptors (Lipinski definition) is 4. The standard InChI is InChI=1S/C20H22N2O2/c1-2-14-12-22-10-8-15(14)11-20(22,13-23)19(24)17-7-9-21-18-6-4-3-5-16(17)18/h2-7,9,13-15,19,24H,1,8,10-12H2/t14-,15-,19+,20+/m0/s1. The number of rotatable bonds is 4. The zero-order valence-corrected chi connectivity index (χ0v) is 13.6. The van der Waals surface area contributed by atoms with E-state index in [0.717, 1.165) is 42.3 Å². The van der Waals surface area contributed by atoms with Crippen LogP contribution in [0.3, 0.4) is 0 Å². The van der Waals surface area contributed by atoms with Crippen molar-refractivity contribution in [2.45, 2.75) is 24.5 Å². The van der Waals surface area contributed by atoms with Crippen LogP contribution in [-0.2, 0) is 4.79 Å². The average Bonchev–Trinajstić information content (AvgIpc) is 2.67. The minimum atomic E-state index is -0.850. The SMILES string of the molecule is C=C[C@H]1CN2CC[C@H]1C[C@@]2(C=O)[C@H](O)c1ccnc2ccccc12. The van der Waals surface area contributed by atoms with Crippen molar-refractivity contribution in [3.05, 3.63) is 54.7 Å². The number of nitrogens with zero attached hydrogens (tertiary/aromatic N) is 2. The van der Waals surface area contributed by atoms with Crippen molar-refractivity contribution >= 4 is 17.2 Å². The Balaban J connectivity index is 1.78. The monoisotopic (exact) mass is 322 g/mol. The topological polar surface area (TPSA) is 53.4 Å². The van der Waals surface area contributed by atoms with E-state index in [1.807, 2.05) is 36.4 Å². The molecule has 4 nitrogen and oxygen atoms in total. The summed E-state index contributed by atoms with van der Waals surface area (Å²) in [5, 5.41) is 12.2. The van der Waals surface area contributed by atoms with Crippen molar-refractivity contribution in [3.63, 3.8) is 0 Å². The van der Waals surface area contributed by atoms with Gasteiger partial charge in [-0.3, -0.25) is 9.88 Å². The highest BCUT2D eigenvalue weighted by Crippen LogP contribution is 2.48. The van der Waals surface area contributed by atoms with Gasteiger partial charge < -0.3 is 9.90 Å². The summed E-state index contributed by atoms with van der Waals surface area (Å²) in [7, 11) is 0. The number of aromatic nitrogens is 1. The van der Waals surface area contributed by atoms with Gasteiger partial charge in [0, 0.05) is 18.1 Å². The number of piperidine rings is 3. The van der Waals surface area contributed by atoms with Crippen molar-refractivity contribution in [2.24, 2.45) is 11.8 Å². The van der Waals surface area contributed by atoms with Crippen molar-refractivity contribution < 1.29 is 9.90 Å². The summed E-state index contributed by atoms with van der Waals surface area (Å²) in [6.07, 6.45) is 5.58. The van der Waals surface area contributed by atoms with Gasteiger partial charge in [0.25, 0.3) is 0 Å². The number of aliphatic hydroxyl groups is 1. The summed E-state index contributed by atoms with van der Waals surface area (Å²) in [4.78, 5) is 18.7. The van der Waals surface area contributed by atoms with Crippen LogP contribution in [0.4, 0.5) is 0 Å². The fraction of sp³-hybridized carbons (Fsp3) is 0.400. The number of carbonyl (C=O) groups excluding carboxylic acids is 1. The predicted octanol–water partition coefficient (Wildman–Crippen LogP) is 2.73. The molecule has 5 atom stereocenters. The first kappa shape index (κ1) is 15.5. The van der Waals surface area contributed by atoms with Crippen LogP contribution in [0.1, 0.15) is 24.5 Å². The lowest BCUT2D eigenvalue weighted by Gasteiger charge is -2.56. The molecule has 1 aromatic heterocycles. The summed E-state index contributed by atoms with van der Waals surface area (Å²) in [5.41, 5.74) is 0.789. The molecule has 24 heavy (non-hydrogen) atoms. The highest BCUT2D eigenvalue weighted by atomic mass is 16.3.